The number of hydrogen-bond donors (Lipinski definition) is 3. The number of thiazole rings is 1. The second-order valence-corrected chi connectivity index (χ2v) is 13.6. The van der Waals surface area contributed by atoms with Crippen LogP contribution in [-0.2, 0) is 47.5 Å². The summed E-state index contributed by atoms with van der Waals surface area (Å²) in [5.41, 5.74) is 3.88. The Bertz CT molecular complexity index is 1780. The topological polar surface area (TPSA) is 217 Å². The highest BCUT2D eigenvalue weighted by molar-refractivity contribution is 7.80. The smallest absolute Gasteiger partial charge is 0.418 e. The lowest BCUT2D eigenvalue weighted by atomic mass is 9.74. The lowest BCUT2D eigenvalue weighted by Gasteiger charge is -2.50. The summed E-state index contributed by atoms with van der Waals surface area (Å²) < 4.78 is 45.5. The molecule has 47 heavy (non-hydrogen) atoms. The number of anilines is 1. The molecule has 0 unspecified atom stereocenters. The number of β-lactam (4-membered cyclic amide) rings is 1. The molecule has 0 spiro atoms. The van der Waals surface area contributed by atoms with Crippen molar-refractivity contribution in [1.29, 1.82) is 0 Å². The number of aryl methyl sites for hydroxylation is 2. The maximum atomic E-state index is 13.4. The Morgan fingerprint density at radius 1 is 1.23 bits per heavy atom. The molecular formula is C29H37N6O10S2+. The maximum absolute atomic E-state index is 13.4. The van der Waals surface area contributed by atoms with Gasteiger partial charge in [0.05, 0.1) is 29.8 Å². The molecule has 1 aromatic carbocycles. The summed E-state index contributed by atoms with van der Waals surface area (Å²) in [6.07, 6.45) is 5.71. The van der Waals surface area contributed by atoms with Crippen LogP contribution in [0, 0.1) is 5.92 Å². The second kappa shape index (κ2) is 13.8. The number of carbonyl (C=O) groups excluding carboxylic acids is 2. The summed E-state index contributed by atoms with van der Waals surface area (Å²) in [7, 11) is -3.02. The number of nitrogen functional groups attached to an aromatic ring is 1. The van der Waals surface area contributed by atoms with E-state index < -0.39 is 63.9 Å². The number of oxime groups is 1. The zero-order valence-electron chi connectivity index (χ0n) is 26.4. The van der Waals surface area contributed by atoms with Gasteiger partial charge in [-0.2, -0.15) is 18.2 Å². The van der Waals surface area contributed by atoms with Crippen molar-refractivity contribution in [2.24, 2.45) is 18.1 Å². The molecule has 2 aromatic heterocycles. The number of amides is 1. The summed E-state index contributed by atoms with van der Waals surface area (Å²) in [6, 6.07) is 7.09. The van der Waals surface area contributed by atoms with Crippen molar-refractivity contribution < 1.29 is 51.0 Å². The first-order valence-corrected chi connectivity index (χ1v) is 16.7. The van der Waals surface area contributed by atoms with Gasteiger partial charge in [-0.15, -0.1) is 20.3 Å². The van der Waals surface area contributed by atoms with Crippen molar-refractivity contribution in [2.75, 3.05) is 12.3 Å². The normalized spacial score (nSPS) is 17.6. The van der Waals surface area contributed by atoms with Crippen LogP contribution in [0.5, 0.6) is 5.75 Å². The molecule has 3 heterocycles. The van der Waals surface area contributed by atoms with E-state index in [1.165, 1.54) is 26.2 Å². The fraction of sp³-hybridized carbons (Fsp3) is 0.448. The number of ether oxygens (including phenoxy) is 1. The Labute approximate surface area is 275 Å². The van der Waals surface area contributed by atoms with Crippen molar-refractivity contribution in [2.45, 2.75) is 64.6 Å². The quantitative estimate of drug-likeness (QED) is 0.0648. The summed E-state index contributed by atoms with van der Waals surface area (Å²) in [5, 5.41) is 15.8. The highest BCUT2D eigenvalue weighted by Crippen LogP contribution is 2.40. The second-order valence-electron chi connectivity index (χ2n) is 11.7. The Morgan fingerprint density at radius 2 is 1.91 bits per heavy atom. The summed E-state index contributed by atoms with van der Waals surface area (Å²) in [5.74, 6) is -3.79. The van der Waals surface area contributed by atoms with E-state index in [0.29, 0.717) is 10.8 Å². The lowest BCUT2D eigenvalue weighted by molar-refractivity contribution is -0.753. The van der Waals surface area contributed by atoms with Gasteiger partial charge in [-0.1, -0.05) is 30.6 Å². The minimum atomic E-state index is -4.99. The SMILES string of the molecule is CCCCn1cc(-c2ccc(OC[C@](C)(O/N=C(\C(=O)C[C@@H]3C(=O)N(OS(=O)(=O)O)C3(C)C)c3csc(N)n3)C(=O)O)cc2)c[n+]1C. The van der Waals surface area contributed by atoms with Gasteiger partial charge in [0.15, 0.2) is 23.7 Å². The van der Waals surface area contributed by atoms with Crippen LogP contribution in [-0.4, -0.2) is 73.9 Å². The van der Waals surface area contributed by atoms with Crippen LogP contribution < -0.4 is 15.2 Å². The average molecular weight is 694 g/mol. The minimum absolute atomic E-state index is 0.0192. The van der Waals surface area contributed by atoms with Crippen LogP contribution >= 0.6 is 11.3 Å². The lowest BCUT2D eigenvalue weighted by Crippen LogP contribution is -2.68. The molecule has 3 aromatic rings. The first-order valence-electron chi connectivity index (χ1n) is 14.5. The fourth-order valence-electron chi connectivity index (χ4n) is 4.78. The van der Waals surface area contributed by atoms with E-state index in [-0.39, 0.29) is 10.8 Å². The number of carboxylic acids is 1. The number of rotatable bonds is 16. The molecule has 254 valence electrons. The number of Topliss-reactive ketones (excluding diaryl/α,β-unsaturated/α-hetero) is 1. The molecule has 1 aliphatic heterocycles. The van der Waals surface area contributed by atoms with Crippen molar-refractivity contribution >= 4 is 50.2 Å². The molecule has 1 saturated heterocycles. The predicted molar refractivity (Wildman–Crippen MR) is 168 cm³/mol. The molecule has 1 aliphatic rings. The van der Waals surface area contributed by atoms with Gasteiger partial charge in [0, 0.05) is 11.8 Å². The zero-order valence-corrected chi connectivity index (χ0v) is 28.1. The van der Waals surface area contributed by atoms with E-state index in [1.807, 2.05) is 30.1 Å². The standard InChI is InChI=1S/C29H36N6O10S2/c1-6-7-12-34-15-19(14-33(34)5)18-8-10-20(11-9-18)43-17-29(4,26(38)39)44-32-24(22-16-46-27(30)31-22)23(36)13-21-25(37)35(28(21,2)3)45-47(40,41)42/h8-11,14-16,21H,6-7,12-13,17H2,1-5H3,(H3-,30,31,38,39,40,41,42)/p+1/b32-24-/t21-,29+/m1/s1. The number of hydrogen-bond acceptors (Lipinski definition) is 12. The molecule has 0 bridgehead atoms. The van der Waals surface area contributed by atoms with Gasteiger partial charge in [0.1, 0.15) is 18.1 Å². The Balaban J connectivity index is 1.49. The number of nitrogens with two attached hydrogens (primary N) is 1. The van der Waals surface area contributed by atoms with Gasteiger partial charge in [-0.05, 0) is 44.9 Å². The van der Waals surface area contributed by atoms with Crippen LogP contribution in [0.2, 0.25) is 0 Å². The predicted octanol–water partition coefficient (Wildman–Crippen LogP) is 2.39. The number of benzene rings is 1. The van der Waals surface area contributed by atoms with Crippen molar-refractivity contribution in [3.8, 4) is 16.9 Å². The van der Waals surface area contributed by atoms with Gasteiger partial charge < -0.3 is 20.4 Å². The van der Waals surface area contributed by atoms with Crippen LogP contribution in [0.3, 0.4) is 0 Å². The van der Waals surface area contributed by atoms with Crippen molar-refractivity contribution in [1.82, 2.24) is 14.7 Å². The molecule has 0 radical (unpaired) electrons. The maximum Gasteiger partial charge on any atom is 0.418 e. The zero-order chi connectivity index (χ0) is 34.7. The Morgan fingerprint density at radius 3 is 2.47 bits per heavy atom. The number of aliphatic carboxylic acids is 1. The molecular weight excluding hydrogens is 656 g/mol. The number of unbranched alkanes of at least 4 members (excludes halogenated alkanes) is 1. The first-order chi connectivity index (χ1) is 21.9. The third kappa shape index (κ3) is 8.13. The minimum Gasteiger partial charge on any atom is -0.489 e. The van der Waals surface area contributed by atoms with Crippen molar-refractivity contribution in [3.63, 3.8) is 0 Å². The molecule has 0 aliphatic carbocycles. The number of aromatic nitrogens is 3. The van der Waals surface area contributed by atoms with Gasteiger partial charge in [-0.25, -0.2) is 9.78 Å². The van der Waals surface area contributed by atoms with Gasteiger partial charge in [-0.3, -0.25) is 14.1 Å². The molecule has 1 fully saturated rings. The number of hydroxylamine groups is 2. The van der Waals surface area contributed by atoms with E-state index in [9.17, 15) is 27.9 Å². The van der Waals surface area contributed by atoms with Gasteiger partial charge >= 0.3 is 16.4 Å². The summed E-state index contributed by atoms with van der Waals surface area (Å²) in [6.45, 7) is 6.61. The van der Waals surface area contributed by atoms with Crippen LogP contribution in [0.25, 0.3) is 11.1 Å². The molecule has 0 saturated carbocycles. The largest absolute Gasteiger partial charge is 0.489 e. The number of nitrogens with zero attached hydrogens (tertiary/aromatic N) is 5. The van der Waals surface area contributed by atoms with Crippen LogP contribution in [0.1, 0.15) is 52.7 Å². The Hall–Kier alpha value is -4.39. The monoisotopic (exact) mass is 693 g/mol. The highest BCUT2D eigenvalue weighted by atomic mass is 32.3. The average Bonchev–Trinajstić information content (AvgIpc) is 3.60. The van der Waals surface area contributed by atoms with E-state index in [4.69, 9.17) is 19.9 Å². The van der Waals surface area contributed by atoms with Gasteiger partial charge in [0.2, 0.25) is 6.20 Å². The molecule has 18 heteroatoms. The van der Waals surface area contributed by atoms with Crippen molar-refractivity contribution in [3.05, 3.63) is 47.7 Å². The fourth-order valence-corrected chi connectivity index (χ4v) is 5.78. The van der Waals surface area contributed by atoms with Crippen LogP contribution in [0.15, 0.2) is 47.2 Å². The molecule has 1 amide bonds. The van der Waals surface area contributed by atoms with Gasteiger partial charge in [0.25, 0.3) is 11.5 Å². The Kier molecular flexibility index (Phi) is 10.4. The third-order valence-corrected chi connectivity index (χ3v) is 8.73. The summed E-state index contributed by atoms with van der Waals surface area (Å²) in [4.78, 5) is 47.8. The first kappa shape index (κ1) is 35.5. The molecule has 16 nitrogen and oxygen atoms in total. The van der Waals surface area contributed by atoms with E-state index in [0.717, 1.165) is 41.9 Å². The molecule has 4 N–H and O–H groups in total. The number of carbonyl (C=O) groups is 3. The molecule has 2 atom stereocenters. The summed E-state index contributed by atoms with van der Waals surface area (Å²) >= 11 is 0.993. The third-order valence-electron chi connectivity index (χ3n) is 7.71. The number of carboxylic acid groups (broad SMARTS) is 1. The highest BCUT2D eigenvalue weighted by Gasteiger charge is 2.57. The van der Waals surface area contributed by atoms with E-state index >= 15 is 0 Å². The van der Waals surface area contributed by atoms with E-state index in [1.54, 1.807) is 12.1 Å². The van der Waals surface area contributed by atoms with E-state index in [2.05, 4.69) is 32.2 Å². The number of ketones is 1. The molecule has 4 rings (SSSR count). The van der Waals surface area contributed by atoms with Crippen LogP contribution in [0.4, 0.5) is 5.13 Å².